The summed E-state index contributed by atoms with van der Waals surface area (Å²) in [5.74, 6) is -0.804. The van der Waals surface area contributed by atoms with E-state index in [2.05, 4.69) is 66.6 Å². The van der Waals surface area contributed by atoms with Crippen LogP contribution in [0.1, 0.15) is 35.1 Å². The first-order chi connectivity index (χ1) is 22.0. The molecule has 0 radical (unpaired) electrons. The fourth-order valence-corrected chi connectivity index (χ4v) is 7.74. The Morgan fingerprint density at radius 2 is 1.13 bits per heavy atom. The molecule has 2 aliphatic rings. The number of hydrogen-bond acceptors (Lipinski definition) is 2. The first-order valence-corrected chi connectivity index (χ1v) is 15.0. The Kier molecular flexibility index (Phi) is 6.11. The molecule has 4 heteroatoms. The van der Waals surface area contributed by atoms with Crippen molar-refractivity contribution in [1.29, 1.82) is 5.26 Å². The summed E-state index contributed by atoms with van der Waals surface area (Å²) in [6.45, 7) is 2.27. The molecular weight excluding hydrogens is 558 g/mol. The number of benzene rings is 6. The molecule has 2 nitrogen and oxygen atoms in total. The average Bonchev–Trinajstić information content (AvgIpc) is 3.48. The first-order valence-electron chi connectivity index (χ1n) is 15.0. The number of hydrogen-bond donors (Lipinski definition) is 0. The number of nitrogens with zero attached hydrogens (tertiary/aromatic N) is 2. The molecule has 6 aromatic carbocycles. The lowest BCUT2D eigenvalue weighted by atomic mass is 9.69. The molecule has 2 unspecified atom stereocenters. The lowest BCUT2D eigenvalue weighted by Gasteiger charge is -2.32. The molecule has 2 aliphatic carbocycles. The van der Waals surface area contributed by atoms with Gasteiger partial charge in [-0.05, 0) is 85.1 Å². The lowest BCUT2D eigenvalue weighted by molar-refractivity contribution is 0.599. The van der Waals surface area contributed by atoms with Crippen LogP contribution in [0.2, 0.25) is 0 Å². The summed E-state index contributed by atoms with van der Waals surface area (Å²) in [5.41, 5.74) is 10.4. The van der Waals surface area contributed by atoms with E-state index in [1.165, 1.54) is 24.3 Å². The molecule has 0 aliphatic heterocycles. The van der Waals surface area contributed by atoms with E-state index in [-0.39, 0.29) is 17.6 Å². The van der Waals surface area contributed by atoms with Crippen molar-refractivity contribution in [1.82, 2.24) is 0 Å². The maximum absolute atomic E-state index is 14.1. The number of aliphatic imine (C=N–C) groups is 1. The Morgan fingerprint density at radius 3 is 1.71 bits per heavy atom. The molecule has 0 aromatic heterocycles. The number of nitriles is 1. The van der Waals surface area contributed by atoms with Crippen LogP contribution < -0.4 is 0 Å². The van der Waals surface area contributed by atoms with Crippen molar-refractivity contribution in [3.8, 4) is 28.4 Å². The molecular formula is C41H26F2N2. The molecule has 2 atom stereocenters. The molecule has 0 N–H and O–H groups in total. The number of fused-ring (bicyclic) bond motifs is 3. The minimum absolute atomic E-state index is 0.218. The lowest BCUT2D eigenvalue weighted by Crippen LogP contribution is -2.29. The molecule has 0 saturated carbocycles. The molecule has 0 amide bonds. The maximum atomic E-state index is 14.1. The fourth-order valence-electron chi connectivity index (χ4n) is 7.74. The zero-order chi connectivity index (χ0) is 30.7. The van der Waals surface area contributed by atoms with Crippen LogP contribution in [0.3, 0.4) is 0 Å². The van der Waals surface area contributed by atoms with E-state index in [4.69, 9.17) is 0 Å². The van der Waals surface area contributed by atoms with Crippen molar-refractivity contribution < 1.29 is 8.78 Å². The van der Waals surface area contributed by atoms with E-state index >= 15 is 0 Å². The Hall–Kier alpha value is -5.66. The molecule has 0 bridgehead atoms. The third-order valence-electron chi connectivity index (χ3n) is 9.54. The van der Waals surface area contributed by atoms with Crippen LogP contribution >= 0.6 is 0 Å². The summed E-state index contributed by atoms with van der Waals surface area (Å²) in [5, 5.41) is 12.1. The SMILES string of the molecule is CC12C(=C(c3ccccc3)C(=NC#N)C1c1ccccc1)c1ccc(-c3ccc(F)cc3)c3c(-c4ccc(F)cc4)ccc2c13. The number of rotatable bonds is 4. The number of halogens is 2. The van der Waals surface area contributed by atoms with E-state index in [9.17, 15) is 14.0 Å². The first kappa shape index (κ1) is 26.9. The van der Waals surface area contributed by atoms with Crippen LogP contribution in [0.15, 0.2) is 138 Å². The van der Waals surface area contributed by atoms with Gasteiger partial charge in [0.2, 0.25) is 6.19 Å². The molecule has 8 rings (SSSR count). The van der Waals surface area contributed by atoms with Crippen molar-refractivity contribution in [2.24, 2.45) is 4.99 Å². The van der Waals surface area contributed by atoms with Crippen LogP contribution in [0.5, 0.6) is 0 Å². The van der Waals surface area contributed by atoms with Crippen molar-refractivity contribution in [3.63, 3.8) is 0 Å². The van der Waals surface area contributed by atoms with Gasteiger partial charge >= 0.3 is 0 Å². The summed E-state index contributed by atoms with van der Waals surface area (Å²) in [6, 6.07) is 42.3. The summed E-state index contributed by atoms with van der Waals surface area (Å²) in [4.78, 5) is 4.54. The standard InChI is InChI=1S/C41H26F2N2/c1-41-34-23-22-32(26-14-18-30(43)19-15-26)36-31(25-12-16-29(42)17-13-25)20-21-33(37(34)36)39(41)35(27-8-4-2-5-9-27)40(45-24-44)38(41)28-10-6-3-7-11-28/h2-23,38H,1H3. The largest absolute Gasteiger partial charge is 0.207 e. The second-order valence-electron chi connectivity index (χ2n) is 11.8. The smallest absolute Gasteiger partial charge is 0.205 e. The Morgan fingerprint density at radius 1 is 0.600 bits per heavy atom. The van der Waals surface area contributed by atoms with Crippen molar-refractivity contribution in [3.05, 3.63) is 167 Å². The summed E-state index contributed by atoms with van der Waals surface area (Å²) in [7, 11) is 0. The van der Waals surface area contributed by atoms with Crippen LogP contribution in [-0.2, 0) is 5.41 Å². The predicted octanol–water partition coefficient (Wildman–Crippen LogP) is 10.4. The van der Waals surface area contributed by atoms with Gasteiger partial charge in [0, 0.05) is 16.9 Å². The highest BCUT2D eigenvalue weighted by Crippen LogP contribution is 2.65. The molecule has 6 aromatic rings. The second-order valence-corrected chi connectivity index (χ2v) is 11.8. The monoisotopic (exact) mass is 584 g/mol. The molecule has 0 fully saturated rings. The van der Waals surface area contributed by atoms with E-state index in [1.807, 2.05) is 60.7 Å². The van der Waals surface area contributed by atoms with Crippen LogP contribution in [-0.4, -0.2) is 5.71 Å². The average molecular weight is 585 g/mol. The fraction of sp³-hybridized carbons (Fsp3) is 0.0732. The van der Waals surface area contributed by atoms with Gasteiger partial charge in [0.1, 0.15) is 11.6 Å². The normalized spacial score (nSPS) is 19.2. The van der Waals surface area contributed by atoms with E-state index in [1.54, 1.807) is 0 Å². The highest BCUT2D eigenvalue weighted by Gasteiger charge is 2.55. The van der Waals surface area contributed by atoms with Gasteiger partial charge in [0.15, 0.2) is 0 Å². The third-order valence-corrected chi connectivity index (χ3v) is 9.54. The predicted molar refractivity (Wildman–Crippen MR) is 178 cm³/mol. The molecule has 0 heterocycles. The van der Waals surface area contributed by atoms with E-state index < -0.39 is 5.41 Å². The third kappa shape index (κ3) is 3.94. The van der Waals surface area contributed by atoms with Gasteiger partial charge in [-0.25, -0.2) is 8.78 Å². The van der Waals surface area contributed by atoms with Gasteiger partial charge in [0.25, 0.3) is 0 Å². The Labute approximate surface area is 260 Å². The zero-order valence-electron chi connectivity index (χ0n) is 24.4. The number of allylic oxidation sites excluding steroid dienone is 2. The Balaban J connectivity index is 1.54. The second kappa shape index (κ2) is 10.2. The van der Waals surface area contributed by atoms with Crippen LogP contribution in [0, 0.1) is 23.1 Å². The van der Waals surface area contributed by atoms with Gasteiger partial charge in [-0.1, -0.05) is 116 Å². The molecule has 214 valence electrons. The minimum Gasteiger partial charge on any atom is -0.207 e. The van der Waals surface area contributed by atoms with Gasteiger partial charge in [-0.2, -0.15) is 10.3 Å². The van der Waals surface area contributed by atoms with Gasteiger partial charge in [-0.15, -0.1) is 0 Å². The molecule has 45 heavy (non-hydrogen) atoms. The summed E-state index contributed by atoms with van der Waals surface area (Å²) >= 11 is 0. The summed E-state index contributed by atoms with van der Waals surface area (Å²) in [6.07, 6.45) is 2.13. The van der Waals surface area contributed by atoms with Crippen LogP contribution in [0.25, 0.3) is 44.2 Å². The topological polar surface area (TPSA) is 36.1 Å². The highest BCUT2D eigenvalue weighted by atomic mass is 19.1. The van der Waals surface area contributed by atoms with E-state index in [0.29, 0.717) is 0 Å². The van der Waals surface area contributed by atoms with Gasteiger partial charge in [-0.3, -0.25) is 0 Å². The van der Waals surface area contributed by atoms with Crippen LogP contribution in [0.4, 0.5) is 8.78 Å². The Bertz CT molecular complexity index is 2180. The molecule has 0 spiro atoms. The van der Waals surface area contributed by atoms with Crippen molar-refractivity contribution in [2.75, 3.05) is 0 Å². The summed E-state index contributed by atoms with van der Waals surface area (Å²) < 4.78 is 28.2. The van der Waals surface area contributed by atoms with E-state index in [0.717, 1.165) is 72.1 Å². The van der Waals surface area contributed by atoms with Gasteiger partial charge < -0.3 is 0 Å². The quantitative estimate of drug-likeness (QED) is 0.190. The highest BCUT2D eigenvalue weighted by molar-refractivity contribution is 6.41. The van der Waals surface area contributed by atoms with Crippen molar-refractivity contribution >= 4 is 27.6 Å². The maximum Gasteiger partial charge on any atom is 0.205 e. The molecule has 0 saturated heterocycles. The van der Waals surface area contributed by atoms with Gasteiger partial charge in [0.05, 0.1) is 5.71 Å². The minimum atomic E-state index is -0.550. The van der Waals surface area contributed by atoms with Crippen molar-refractivity contribution in [2.45, 2.75) is 18.3 Å². The zero-order valence-corrected chi connectivity index (χ0v) is 24.4.